The molecule has 1 heterocycles. The Morgan fingerprint density at radius 3 is 2.43 bits per heavy atom. The zero-order valence-corrected chi connectivity index (χ0v) is 14.3. The van der Waals surface area contributed by atoms with Gasteiger partial charge in [-0.15, -0.1) is 0 Å². The summed E-state index contributed by atoms with van der Waals surface area (Å²) in [4.78, 5) is 0. The highest BCUT2D eigenvalue weighted by Crippen LogP contribution is 2.27. The van der Waals surface area contributed by atoms with E-state index in [1.807, 2.05) is 0 Å². The molecule has 1 aromatic rings. The molecule has 1 N–H and O–H groups in total. The third-order valence-electron chi connectivity index (χ3n) is 5.01. The third kappa shape index (κ3) is 4.84. The van der Waals surface area contributed by atoms with Crippen molar-refractivity contribution in [2.45, 2.75) is 72.4 Å². The van der Waals surface area contributed by atoms with Gasteiger partial charge in [0, 0.05) is 12.7 Å². The molecule has 120 valence electrons. The maximum absolute atomic E-state index is 4.77. The fraction of sp³-hybridized carbons (Fsp3) is 0.833. The van der Waals surface area contributed by atoms with Gasteiger partial charge in [-0.25, -0.2) is 0 Å². The summed E-state index contributed by atoms with van der Waals surface area (Å²) in [5.41, 5.74) is 1.19. The minimum absolute atomic E-state index is 0.645. The van der Waals surface area contributed by atoms with E-state index in [1.54, 1.807) is 0 Å². The number of hydrogen-bond donors (Lipinski definition) is 1. The highest BCUT2D eigenvalue weighted by Gasteiger charge is 2.18. The summed E-state index contributed by atoms with van der Waals surface area (Å²) in [5, 5.41) is 8.38. The molecule has 3 heteroatoms. The van der Waals surface area contributed by atoms with E-state index in [2.05, 4.69) is 50.0 Å². The van der Waals surface area contributed by atoms with E-state index in [1.165, 1.54) is 37.8 Å². The van der Waals surface area contributed by atoms with Crippen LogP contribution >= 0.6 is 0 Å². The van der Waals surface area contributed by atoms with Crippen LogP contribution in [0.1, 0.15) is 71.5 Å². The summed E-state index contributed by atoms with van der Waals surface area (Å²) in [6, 6.07) is 2.83. The maximum atomic E-state index is 4.77. The van der Waals surface area contributed by atoms with Crippen molar-refractivity contribution in [2.24, 2.45) is 17.8 Å². The fourth-order valence-corrected chi connectivity index (χ4v) is 3.63. The molecule has 0 radical (unpaired) electrons. The number of aromatic nitrogens is 2. The molecule has 0 spiro atoms. The van der Waals surface area contributed by atoms with E-state index < -0.39 is 0 Å². The molecule has 0 aliphatic heterocycles. The molecule has 0 unspecified atom stereocenters. The molecule has 2 rings (SSSR count). The van der Waals surface area contributed by atoms with E-state index >= 15 is 0 Å². The van der Waals surface area contributed by atoms with Crippen molar-refractivity contribution < 1.29 is 0 Å². The Morgan fingerprint density at radius 2 is 1.81 bits per heavy atom. The van der Waals surface area contributed by atoms with E-state index in [0.29, 0.717) is 6.04 Å². The molecule has 3 nitrogen and oxygen atoms in total. The lowest BCUT2D eigenvalue weighted by atomic mass is 9.85. The van der Waals surface area contributed by atoms with Gasteiger partial charge >= 0.3 is 0 Å². The van der Waals surface area contributed by atoms with Crippen molar-refractivity contribution in [1.82, 2.24) is 15.1 Å². The summed E-state index contributed by atoms with van der Waals surface area (Å²) < 4.78 is 2.21. The van der Waals surface area contributed by atoms with Crippen molar-refractivity contribution in [1.29, 1.82) is 0 Å². The molecule has 0 amide bonds. The number of hydrogen-bond acceptors (Lipinski definition) is 2. The molecule has 1 saturated carbocycles. The van der Waals surface area contributed by atoms with Crippen LogP contribution in [-0.2, 0) is 6.54 Å². The molecule has 0 saturated heterocycles. The standard InChI is InChI=1S/C18H33N3/c1-14(2)18(15(3)4)13-19-12-16-10-11-21(20-16)17-8-6-5-7-9-17/h10-11,14-15,17-19H,5-9,12-13H2,1-4H3. The molecular formula is C18H33N3. The monoisotopic (exact) mass is 291 g/mol. The summed E-state index contributed by atoms with van der Waals surface area (Å²) in [6.45, 7) is 11.3. The van der Waals surface area contributed by atoms with Crippen LogP contribution in [0.4, 0.5) is 0 Å². The van der Waals surface area contributed by atoms with Gasteiger partial charge in [-0.05, 0) is 43.2 Å². The van der Waals surface area contributed by atoms with Crippen LogP contribution in [0.15, 0.2) is 12.3 Å². The Bertz CT molecular complexity index is 394. The first-order valence-electron chi connectivity index (χ1n) is 8.82. The van der Waals surface area contributed by atoms with Gasteiger partial charge in [-0.2, -0.15) is 5.10 Å². The average molecular weight is 291 g/mol. The van der Waals surface area contributed by atoms with Crippen LogP contribution < -0.4 is 5.32 Å². The van der Waals surface area contributed by atoms with Gasteiger partial charge in [0.2, 0.25) is 0 Å². The number of nitrogens with zero attached hydrogens (tertiary/aromatic N) is 2. The zero-order valence-electron chi connectivity index (χ0n) is 14.3. The van der Waals surface area contributed by atoms with Crippen molar-refractivity contribution in [3.63, 3.8) is 0 Å². The molecular weight excluding hydrogens is 258 g/mol. The van der Waals surface area contributed by atoms with Crippen molar-refractivity contribution >= 4 is 0 Å². The van der Waals surface area contributed by atoms with Gasteiger partial charge in [-0.3, -0.25) is 4.68 Å². The number of nitrogens with one attached hydrogen (secondary N) is 1. The molecule has 0 aromatic carbocycles. The first-order chi connectivity index (χ1) is 10.1. The Morgan fingerprint density at radius 1 is 1.14 bits per heavy atom. The quantitative estimate of drug-likeness (QED) is 0.806. The summed E-state index contributed by atoms with van der Waals surface area (Å²) in [6.07, 6.45) is 8.91. The number of rotatable bonds is 7. The Labute approximate surface area is 130 Å². The molecule has 21 heavy (non-hydrogen) atoms. The smallest absolute Gasteiger partial charge is 0.0762 e. The predicted molar refractivity (Wildman–Crippen MR) is 89.2 cm³/mol. The van der Waals surface area contributed by atoms with Gasteiger partial charge in [0.05, 0.1) is 11.7 Å². The zero-order chi connectivity index (χ0) is 15.2. The van der Waals surface area contributed by atoms with Gasteiger partial charge in [0.25, 0.3) is 0 Å². The van der Waals surface area contributed by atoms with E-state index in [0.717, 1.165) is 30.8 Å². The molecule has 0 atom stereocenters. The van der Waals surface area contributed by atoms with Gasteiger partial charge in [0.15, 0.2) is 0 Å². The van der Waals surface area contributed by atoms with Gasteiger partial charge in [0.1, 0.15) is 0 Å². The van der Waals surface area contributed by atoms with Crippen LogP contribution in [0, 0.1) is 17.8 Å². The maximum Gasteiger partial charge on any atom is 0.0762 e. The molecule has 1 aromatic heterocycles. The second-order valence-electron chi connectivity index (χ2n) is 7.36. The summed E-state index contributed by atoms with van der Waals surface area (Å²) in [5.74, 6) is 2.21. The second-order valence-corrected chi connectivity index (χ2v) is 7.36. The van der Waals surface area contributed by atoms with Crippen LogP contribution in [0.25, 0.3) is 0 Å². The molecule has 0 bridgehead atoms. The first kappa shape index (κ1) is 16.5. The highest BCUT2D eigenvalue weighted by atomic mass is 15.3. The van der Waals surface area contributed by atoms with E-state index in [-0.39, 0.29) is 0 Å². The second kappa shape index (κ2) is 7.98. The van der Waals surface area contributed by atoms with Crippen LogP contribution in [-0.4, -0.2) is 16.3 Å². The minimum Gasteiger partial charge on any atom is -0.311 e. The van der Waals surface area contributed by atoms with E-state index in [4.69, 9.17) is 5.10 Å². The van der Waals surface area contributed by atoms with Crippen LogP contribution in [0.5, 0.6) is 0 Å². The topological polar surface area (TPSA) is 29.9 Å². The third-order valence-corrected chi connectivity index (χ3v) is 5.01. The summed E-state index contributed by atoms with van der Waals surface area (Å²) >= 11 is 0. The Hall–Kier alpha value is -0.830. The Kier molecular flexibility index (Phi) is 6.28. The van der Waals surface area contributed by atoms with Crippen molar-refractivity contribution in [2.75, 3.05) is 6.54 Å². The van der Waals surface area contributed by atoms with Crippen molar-refractivity contribution in [3.8, 4) is 0 Å². The van der Waals surface area contributed by atoms with E-state index in [9.17, 15) is 0 Å². The first-order valence-corrected chi connectivity index (χ1v) is 8.82. The minimum atomic E-state index is 0.645. The SMILES string of the molecule is CC(C)C(CNCc1ccn(C2CCCCC2)n1)C(C)C. The Balaban J connectivity index is 1.79. The van der Waals surface area contributed by atoms with Crippen LogP contribution in [0.2, 0.25) is 0 Å². The molecule has 1 aliphatic carbocycles. The summed E-state index contributed by atoms with van der Waals surface area (Å²) in [7, 11) is 0. The molecule has 1 fully saturated rings. The molecule has 1 aliphatic rings. The lowest BCUT2D eigenvalue weighted by Gasteiger charge is -2.25. The largest absolute Gasteiger partial charge is 0.311 e. The lowest BCUT2D eigenvalue weighted by molar-refractivity contribution is 0.274. The van der Waals surface area contributed by atoms with Crippen LogP contribution in [0.3, 0.4) is 0 Å². The van der Waals surface area contributed by atoms with Gasteiger partial charge in [-0.1, -0.05) is 47.0 Å². The van der Waals surface area contributed by atoms with Gasteiger partial charge < -0.3 is 5.32 Å². The lowest BCUT2D eigenvalue weighted by Crippen LogP contribution is -2.29. The fourth-order valence-electron chi connectivity index (χ4n) is 3.63. The normalized spacial score (nSPS) is 17.3. The average Bonchev–Trinajstić information content (AvgIpc) is 2.92. The highest BCUT2D eigenvalue weighted by molar-refractivity contribution is 4.99. The predicted octanol–water partition coefficient (Wildman–Crippen LogP) is 4.41. The van der Waals surface area contributed by atoms with Crippen molar-refractivity contribution in [3.05, 3.63) is 18.0 Å².